The molecule has 7 heteroatoms. The molecule has 0 saturated carbocycles. The number of benzene rings is 2. The summed E-state index contributed by atoms with van der Waals surface area (Å²) < 4.78 is 39.0. The van der Waals surface area contributed by atoms with Gasteiger partial charge >= 0.3 is 6.18 Å². The number of nitrogens with zero attached hydrogens (tertiary/aromatic N) is 1. The summed E-state index contributed by atoms with van der Waals surface area (Å²) in [6.45, 7) is 0.635. The molecule has 0 radical (unpaired) electrons. The Hall–Kier alpha value is -1.86. The van der Waals surface area contributed by atoms with Gasteiger partial charge in [-0.15, -0.1) is 0 Å². The van der Waals surface area contributed by atoms with Crippen molar-refractivity contribution in [1.82, 2.24) is 4.90 Å². The van der Waals surface area contributed by atoms with Crippen molar-refractivity contribution in [2.75, 3.05) is 18.9 Å². The molecule has 128 valence electrons. The smallest absolute Gasteiger partial charge is 0.325 e. The molecule has 0 aromatic heterocycles. The Morgan fingerprint density at radius 3 is 2.46 bits per heavy atom. The minimum absolute atomic E-state index is 0.0757. The number of hydrogen-bond acceptors (Lipinski definition) is 2. The van der Waals surface area contributed by atoms with Crippen LogP contribution in [-0.4, -0.2) is 24.4 Å². The fraction of sp³-hybridized carbons (Fsp3) is 0.235. The highest BCUT2D eigenvalue weighted by atomic mass is 79.9. The van der Waals surface area contributed by atoms with Crippen LogP contribution < -0.4 is 5.32 Å². The molecule has 0 saturated heterocycles. The topological polar surface area (TPSA) is 32.3 Å². The first-order valence-electron chi connectivity index (χ1n) is 7.14. The molecule has 24 heavy (non-hydrogen) atoms. The van der Waals surface area contributed by atoms with Crippen LogP contribution in [0.3, 0.4) is 0 Å². The quantitative estimate of drug-likeness (QED) is 0.798. The molecule has 1 amide bonds. The second-order valence-electron chi connectivity index (χ2n) is 5.43. The van der Waals surface area contributed by atoms with Gasteiger partial charge in [0.25, 0.3) is 0 Å². The lowest BCUT2D eigenvalue weighted by Crippen LogP contribution is -2.29. The standard InChI is InChI=1S/C17H16BrF3N2O/c1-23(10-12-5-7-14(18)8-6-12)11-16(24)22-15-4-2-3-13(9-15)17(19,20)21/h2-9H,10-11H2,1H3,(H,22,24). The van der Waals surface area contributed by atoms with Gasteiger partial charge in [0.1, 0.15) is 0 Å². The van der Waals surface area contributed by atoms with Crippen molar-refractivity contribution in [3.8, 4) is 0 Å². The van der Waals surface area contributed by atoms with Gasteiger partial charge in [-0.3, -0.25) is 9.69 Å². The van der Waals surface area contributed by atoms with E-state index in [1.165, 1.54) is 12.1 Å². The minimum Gasteiger partial charge on any atom is -0.325 e. The first-order chi connectivity index (χ1) is 11.2. The third-order valence-corrected chi connectivity index (χ3v) is 3.78. The van der Waals surface area contributed by atoms with E-state index >= 15 is 0 Å². The number of anilines is 1. The van der Waals surface area contributed by atoms with Crippen LogP contribution in [-0.2, 0) is 17.5 Å². The molecule has 0 spiro atoms. The van der Waals surface area contributed by atoms with Gasteiger partial charge in [0.2, 0.25) is 5.91 Å². The molecule has 0 aliphatic rings. The molecular weight excluding hydrogens is 385 g/mol. The predicted molar refractivity (Wildman–Crippen MR) is 90.5 cm³/mol. The summed E-state index contributed by atoms with van der Waals surface area (Å²) in [7, 11) is 1.77. The van der Waals surface area contributed by atoms with Crippen molar-refractivity contribution in [2.45, 2.75) is 12.7 Å². The highest BCUT2D eigenvalue weighted by molar-refractivity contribution is 9.10. The van der Waals surface area contributed by atoms with E-state index in [2.05, 4.69) is 21.2 Å². The summed E-state index contributed by atoms with van der Waals surface area (Å²) in [6, 6.07) is 12.3. The van der Waals surface area contributed by atoms with Crippen LogP contribution in [0.2, 0.25) is 0 Å². The summed E-state index contributed by atoms with van der Waals surface area (Å²) in [6.07, 6.45) is -4.43. The number of alkyl halides is 3. The van der Waals surface area contributed by atoms with E-state index in [9.17, 15) is 18.0 Å². The molecule has 2 aromatic carbocycles. The van der Waals surface area contributed by atoms with Gasteiger partial charge in [0, 0.05) is 16.7 Å². The zero-order chi connectivity index (χ0) is 17.7. The van der Waals surface area contributed by atoms with Gasteiger partial charge in [0.05, 0.1) is 12.1 Å². The Kier molecular flexibility index (Phi) is 6.01. The number of amides is 1. The van der Waals surface area contributed by atoms with Crippen molar-refractivity contribution >= 4 is 27.5 Å². The van der Waals surface area contributed by atoms with Crippen LogP contribution >= 0.6 is 15.9 Å². The van der Waals surface area contributed by atoms with Crippen molar-refractivity contribution in [1.29, 1.82) is 0 Å². The monoisotopic (exact) mass is 400 g/mol. The van der Waals surface area contributed by atoms with E-state index in [0.29, 0.717) is 6.54 Å². The maximum atomic E-state index is 12.7. The molecule has 0 atom stereocenters. The Balaban J connectivity index is 1.92. The molecule has 2 rings (SSSR count). The third kappa shape index (κ3) is 5.65. The second-order valence-corrected chi connectivity index (χ2v) is 6.34. The van der Waals surface area contributed by atoms with E-state index < -0.39 is 11.7 Å². The van der Waals surface area contributed by atoms with Crippen LogP contribution in [0.1, 0.15) is 11.1 Å². The zero-order valence-corrected chi connectivity index (χ0v) is 14.5. The molecular formula is C17H16BrF3N2O. The lowest BCUT2D eigenvalue weighted by molar-refractivity contribution is -0.137. The fourth-order valence-corrected chi connectivity index (χ4v) is 2.44. The highest BCUT2D eigenvalue weighted by Gasteiger charge is 2.30. The molecule has 0 aliphatic carbocycles. The molecule has 3 nitrogen and oxygen atoms in total. The molecule has 1 N–H and O–H groups in total. The third-order valence-electron chi connectivity index (χ3n) is 3.25. The number of rotatable bonds is 5. The lowest BCUT2D eigenvalue weighted by Gasteiger charge is -2.17. The zero-order valence-electron chi connectivity index (χ0n) is 12.9. The van der Waals surface area contributed by atoms with Gasteiger partial charge in [0.15, 0.2) is 0 Å². The number of carbonyl (C=O) groups is 1. The summed E-state index contributed by atoms with van der Waals surface area (Å²) in [4.78, 5) is 13.8. The van der Waals surface area contributed by atoms with Crippen LogP contribution in [0.15, 0.2) is 53.0 Å². The van der Waals surface area contributed by atoms with E-state index in [1.54, 1.807) is 11.9 Å². The first kappa shape index (κ1) is 18.5. The van der Waals surface area contributed by atoms with Crippen LogP contribution in [0, 0.1) is 0 Å². The van der Waals surface area contributed by atoms with Gasteiger partial charge in [-0.05, 0) is 42.9 Å². The molecule has 0 fully saturated rings. The molecule has 0 bridgehead atoms. The van der Waals surface area contributed by atoms with E-state index in [0.717, 1.165) is 22.2 Å². The molecule has 0 heterocycles. The maximum absolute atomic E-state index is 12.7. The molecule has 0 unspecified atom stereocenters. The Morgan fingerprint density at radius 1 is 1.17 bits per heavy atom. The van der Waals surface area contributed by atoms with E-state index in [1.807, 2.05) is 24.3 Å². The second kappa shape index (κ2) is 7.81. The average molecular weight is 401 g/mol. The van der Waals surface area contributed by atoms with Gasteiger partial charge in [-0.1, -0.05) is 34.1 Å². The van der Waals surface area contributed by atoms with E-state index in [-0.39, 0.29) is 18.1 Å². The summed E-state index contributed by atoms with van der Waals surface area (Å²) >= 11 is 3.35. The van der Waals surface area contributed by atoms with Crippen molar-refractivity contribution < 1.29 is 18.0 Å². The van der Waals surface area contributed by atoms with E-state index in [4.69, 9.17) is 0 Å². The molecule has 2 aromatic rings. The summed E-state index contributed by atoms with van der Waals surface area (Å²) in [5, 5.41) is 2.49. The summed E-state index contributed by atoms with van der Waals surface area (Å²) in [5.41, 5.74) is 0.378. The summed E-state index contributed by atoms with van der Waals surface area (Å²) in [5.74, 6) is -0.367. The Labute approximate surface area is 146 Å². The number of nitrogens with one attached hydrogen (secondary N) is 1. The fourth-order valence-electron chi connectivity index (χ4n) is 2.18. The lowest BCUT2D eigenvalue weighted by atomic mass is 10.2. The van der Waals surface area contributed by atoms with Gasteiger partial charge < -0.3 is 5.32 Å². The Morgan fingerprint density at radius 2 is 1.83 bits per heavy atom. The number of halogens is 4. The number of carbonyl (C=O) groups excluding carboxylic acids is 1. The van der Waals surface area contributed by atoms with Gasteiger partial charge in [-0.25, -0.2) is 0 Å². The van der Waals surface area contributed by atoms with Crippen molar-refractivity contribution in [3.63, 3.8) is 0 Å². The van der Waals surface area contributed by atoms with Crippen molar-refractivity contribution in [2.24, 2.45) is 0 Å². The number of hydrogen-bond donors (Lipinski definition) is 1. The SMILES string of the molecule is CN(CC(=O)Nc1cccc(C(F)(F)F)c1)Cc1ccc(Br)cc1. The largest absolute Gasteiger partial charge is 0.416 e. The number of likely N-dealkylation sites (N-methyl/N-ethyl adjacent to an activating group) is 1. The van der Waals surface area contributed by atoms with Gasteiger partial charge in [-0.2, -0.15) is 13.2 Å². The normalized spacial score (nSPS) is 11.6. The van der Waals surface area contributed by atoms with Crippen LogP contribution in [0.4, 0.5) is 18.9 Å². The van der Waals surface area contributed by atoms with Crippen molar-refractivity contribution in [3.05, 3.63) is 64.1 Å². The van der Waals surface area contributed by atoms with Crippen LogP contribution in [0.5, 0.6) is 0 Å². The molecule has 0 aliphatic heterocycles. The highest BCUT2D eigenvalue weighted by Crippen LogP contribution is 2.30. The average Bonchev–Trinajstić information content (AvgIpc) is 2.49. The first-order valence-corrected chi connectivity index (χ1v) is 7.93. The van der Waals surface area contributed by atoms with Crippen LogP contribution in [0.25, 0.3) is 0 Å². The Bertz CT molecular complexity index is 702. The predicted octanol–water partition coefficient (Wildman–Crippen LogP) is 4.54. The maximum Gasteiger partial charge on any atom is 0.416 e. The minimum atomic E-state index is -4.43.